The summed E-state index contributed by atoms with van der Waals surface area (Å²) in [6.45, 7) is 5.10. The van der Waals surface area contributed by atoms with Crippen LogP contribution in [0.25, 0.3) is 5.82 Å². The fourth-order valence-electron chi connectivity index (χ4n) is 1.96. The zero-order valence-corrected chi connectivity index (χ0v) is 12.4. The molecule has 0 aliphatic rings. The van der Waals surface area contributed by atoms with Crippen LogP contribution in [0.5, 0.6) is 0 Å². The van der Waals surface area contributed by atoms with Gasteiger partial charge in [0.1, 0.15) is 6.33 Å². The average molecular weight is 289 g/mol. The van der Waals surface area contributed by atoms with E-state index in [1.807, 2.05) is 12.1 Å². The number of rotatable bonds is 6. The number of carbonyl (C=O) groups excluding carboxylic acids is 1. The molecule has 0 aliphatic carbocycles. The van der Waals surface area contributed by atoms with Gasteiger partial charge < -0.3 is 10.1 Å². The van der Waals surface area contributed by atoms with Crippen molar-refractivity contribution in [3.05, 3.63) is 36.0 Å². The lowest BCUT2D eigenvalue weighted by molar-refractivity contribution is 0.0587. The van der Waals surface area contributed by atoms with Gasteiger partial charge in [-0.1, -0.05) is 13.0 Å². The molecule has 0 amide bonds. The highest BCUT2D eigenvalue weighted by Gasteiger charge is 2.16. The number of nitrogens with zero attached hydrogens (tertiary/aromatic N) is 4. The highest BCUT2D eigenvalue weighted by molar-refractivity contribution is 5.84. The predicted molar refractivity (Wildman–Crippen MR) is 77.2 cm³/mol. The van der Waals surface area contributed by atoms with E-state index < -0.39 is 5.97 Å². The van der Waals surface area contributed by atoms with Crippen molar-refractivity contribution in [3.8, 4) is 5.82 Å². The highest BCUT2D eigenvalue weighted by atomic mass is 16.5. The van der Waals surface area contributed by atoms with Crippen molar-refractivity contribution < 1.29 is 9.53 Å². The summed E-state index contributed by atoms with van der Waals surface area (Å²) in [5, 5.41) is 7.52. The molecule has 7 heteroatoms. The normalized spacial score (nSPS) is 12.1. The number of aromatic nitrogens is 4. The van der Waals surface area contributed by atoms with Crippen LogP contribution in [0.1, 0.15) is 42.5 Å². The molecule has 2 heterocycles. The Kier molecular flexibility index (Phi) is 4.99. The van der Waals surface area contributed by atoms with Crippen LogP contribution in [0.4, 0.5) is 0 Å². The second kappa shape index (κ2) is 6.94. The predicted octanol–water partition coefficient (Wildman–Crippen LogP) is 1.51. The van der Waals surface area contributed by atoms with E-state index in [-0.39, 0.29) is 11.9 Å². The van der Waals surface area contributed by atoms with Gasteiger partial charge in [0.2, 0.25) is 0 Å². The molecule has 2 aromatic heterocycles. The molecule has 0 saturated carbocycles. The lowest BCUT2D eigenvalue weighted by Gasteiger charge is -2.16. The van der Waals surface area contributed by atoms with E-state index >= 15 is 0 Å². The van der Waals surface area contributed by atoms with E-state index in [1.165, 1.54) is 18.1 Å². The molecule has 0 aromatic carbocycles. The molecule has 0 spiro atoms. The quantitative estimate of drug-likeness (QED) is 0.812. The Bertz CT molecular complexity index is 611. The van der Waals surface area contributed by atoms with Crippen LogP contribution in [0.2, 0.25) is 0 Å². The Labute approximate surface area is 123 Å². The smallest absolute Gasteiger partial charge is 0.377 e. The summed E-state index contributed by atoms with van der Waals surface area (Å²) in [5.74, 6) is 0.0999. The highest BCUT2D eigenvalue weighted by Crippen LogP contribution is 2.18. The summed E-state index contributed by atoms with van der Waals surface area (Å²) < 4.78 is 6.10. The first-order chi connectivity index (χ1) is 10.2. The van der Waals surface area contributed by atoms with Crippen LogP contribution in [-0.4, -0.2) is 39.4 Å². The van der Waals surface area contributed by atoms with Crippen molar-refractivity contribution in [2.45, 2.75) is 26.3 Å². The lowest BCUT2D eigenvalue weighted by atomic mass is 10.1. The van der Waals surface area contributed by atoms with Gasteiger partial charge in [-0.25, -0.2) is 19.4 Å². The van der Waals surface area contributed by atoms with Crippen molar-refractivity contribution in [2.24, 2.45) is 0 Å². The summed E-state index contributed by atoms with van der Waals surface area (Å²) >= 11 is 0. The summed E-state index contributed by atoms with van der Waals surface area (Å²) in [4.78, 5) is 19.7. The molecular formula is C14H19N5O2. The molecule has 112 valence electrons. The van der Waals surface area contributed by atoms with Crippen LogP contribution in [0.15, 0.2) is 24.7 Å². The van der Waals surface area contributed by atoms with E-state index in [1.54, 1.807) is 6.20 Å². The number of ether oxygens (including phenoxy) is 1. The fourth-order valence-corrected chi connectivity index (χ4v) is 1.96. The Morgan fingerprint density at radius 1 is 1.48 bits per heavy atom. The topological polar surface area (TPSA) is 81.9 Å². The Morgan fingerprint density at radius 2 is 2.29 bits per heavy atom. The van der Waals surface area contributed by atoms with E-state index in [4.69, 9.17) is 0 Å². The summed E-state index contributed by atoms with van der Waals surface area (Å²) in [6.07, 6.45) is 4.20. The summed E-state index contributed by atoms with van der Waals surface area (Å²) in [6, 6.07) is 3.98. The summed E-state index contributed by atoms with van der Waals surface area (Å²) in [7, 11) is 1.30. The molecule has 2 aromatic rings. The largest absolute Gasteiger partial charge is 0.463 e. The van der Waals surface area contributed by atoms with Gasteiger partial charge >= 0.3 is 5.97 Å². The van der Waals surface area contributed by atoms with Gasteiger partial charge in [-0.15, -0.1) is 5.10 Å². The average Bonchev–Trinajstić information content (AvgIpc) is 3.01. The van der Waals surface area contributed by atoms with Gasteiger partial charge in [0, 0.05) is 17.8 Å². The molecule has 1 atom stereocenters. The zero-order valence-electron chi connectivity index (χ0n) is 12.4. The van der Waals surface area contributed by atoms with E-state index in [0.29, 0.717) is 5.82 Å². The maximum absolute atomic E-state index is 11.4. The van der Waals surface area contributed by atoms with Gasteiger partial charge in [0.15, 0.2) is 5.82 Å². The molecule has 21 heavy (non-hydrogen) atoms. The Morgan fingerprint density at radius 3 is 3.00 bits per heavy atom. The van der Waals surface area contributed by atoms with Crippen LogP contribution in [-0.2, 0) is 4.74 Å². The van der Waals surface area contributed by atoms with E-state index in [9.17, 15) is 4.79 Å². The lowest BCUT2D eigenvalue weighted by Crippen LogP contribution is -2.21. The second-order valence-corrected chi connectivity index (χ2v) is 4.60. The number of pyridine rings is 1. The minimum absolute atomic E-state index is 0.0169. The second-order valence-electron chi connectivity index (χ2n) is 4.60. The summed E-state index contributed by atoms with van der Waals surface area (Å²) in [5.41, 5.74) is 0.993. The van der Waals surface area contributed by atoms with Crippen molar-refractivity contribution in [3.63, 3.8) is 0 Å². The molecule has 0 bridgehead atoms. The number of esters is 1. The van der Waals surface area contributed by atoms with Gasteiger partial charge in [-0.2, -0.15) is 0 Å². The molecular weight excluding hydrogens is 270 g/mol. The molecule has 2 rings (SSSR count). The first-order valence-corrected chi connectivity index (χ1v) is 6.86. The minimum atomic E-state index is -0.566. The van der Waals surface area contributed by atoms with Gasteiger partial charge in [-0.05, 0) is 26.0 Å². The maximum Gasteiger partial charge on any atom is 0.377 e. The molecule has 0 aliphatic heterocycles. The van der Waals surface area contributed by atoms with Crippen LogP contribution >= 0.6 is 0 Å². The third kappa shape index (κ3) is 3.43. The SMILES string of the molecule is CCCNC(C)c1cccnc1-n1cnc(C(=O)OC)n1. The Hall–Kier alpha value is -2.28. The van der Waals surface area contributed by atoms with Gasteiger partial charge in [0.05, 0.1) is 7.11 Å². The molecule has 0 radical (unpaired) electrons. The van der Waals surface area contributed by atoms with Gasteiger partial charge in [-0.3, -0.25) is 0 Å². The van der Waals surface area contributed by atoms with Crippen LogP contribution in [0.3, 0.4) is 0 Å². The third-order valence-electron chi connectivity index (χ3n) is 3.06. The number of nitrogens with one attached hydrogen (secondary N) is 1. The fraction of sp³-hybridized carbons (Fsp3) is 0.429. The first kappa shape index (κ1) is 15.1. The standard InChI is InChI=1S/C14H19N5O2/c1-4-7-15-10(2)11-6-5-8-16-13(11)19-9-17-12(18-19)14(20)21-3/h5-6,8-10,15H,4,7H2,1-3H3. The van der Waals surface area contributed by atoms with Crippen molar-refractivity contribution in [2.75, 3.05) is 13.7 Å². The molecule has 0 fully saturated rings. The molecule has 1 unspecified atom stereocenters. The van der Waals surface area contributed by atoms with Crippen LogP contribution in [0, 0.1) is 0 Å². The van der Waals surface area contributed by atoms with E-state index in [2.05, 4.69) is 39.0 Å². The number of carbonyl (C=O) groups is 1. The maximum atomic E-state index is 11.4. The number of methoxy groups -OCH3 is 1. The van der Waals surface area contributed by atoms with Crippen molar-refractivity contribution in [1.29, 1.82) is 0 Å². The minimum Gasteiger partial charge on any atom is -0.463 e. The van der Waals surface area contributed by atoms with Crippen LogP contribution < -0.4 is 5.32 Å². The van der Waals surface area contributed by atoms with Gasteiger partial charge in [0.25, 0.3) is 5.82 Å². The number of hydrogen-bond donors (Lipinski definition) is 1. The molecule has 1 N–H and O–H groups in total. The zero-order chi connectivity index (χ0) is 15.2. The molecule has 0 saturated heterocycles. The van der Waals surface area contributed by atoms with E-state index in [0.717, 1.165) is 18.5 Å². The van der Waals surface area contributed by atoms with Crippen molar-refractivity contribution in [1.82, 2.24) is 25.1 Å². The Balaban J connectivity index is 2.31. The number of hydrogen-bond acceptors (Lipinski definition) is 6. The first-order valence-electron chi connectivity index (χ1n) is 6.86. The molecule has 7 nitrogen and oxygen atoms in total. The monoisotopic (exact) mass is 289 g/mol. The van der Waals surface area contributed by atoms with Crippen molar-refractivity contribution >= 4 is 5.97 Å². The third-order valence-corrected chi connectivity index (χ3v) is 3.06.